The fourth-order valence-electron chi connectivity index (χ4n) is 1.70. The van der Waals surface area contributed by atoms with Crippen LogP contribution in [0.3, 0.4) is 0 Å². The number of primary amides is 1. The fraction of sp³-hybridized carbons (Fsp3) is 0.462. The number of hydrogen-bond acceptors (Lipinski definition) is 2. The van der Waals surface area contributed by atoms with E-state index < -0.39 is 0 Å². The summed E-state index contributed by atoms with van der Waals surface area (Å²) < 4.78 is 5.56. The lowest BCUT2D eigenvalue weighted by Gasteiger charge is -2.15. The third kappa shape index (κ3) is 2.54. The van der Waals surface area contributed by atoms with E-state index in [2.05, 4.69) is 13.8 Å². The molecule has 3 nitrogen and oxygen atoms in total. The zero-order valence-corrected chi connectivity index (χ0v) is 10.3. The highest BCUT2D eigenvalue weighted by Crippen LogP contribution is 2.29. The molecule has 0 radical (unpaired) electrons. The minimum atomic E-state index is -0.387. The summed E-state index contributed by atoms with van der Waals surface area (Å²) in [4.78, 5) is 11.2. The van der Waals surface area contributed by atoms with Crippen molar-refractivity contribution in [3.05, 3.63) is 28.8 Å². The molecule has 0 saturated heterocycles. The highest BCUT2D eigenvalue weighted by atomic mass is 16.5. The van der Waals surface area contributed by atoms with Gasteiger partial charge in [-0.1, -0.05) is 13.8 Å². The monoisotopic (exact) mass is 221 g/mol. The second-order valence-electron chi connectivity index (χ2n) is 4.16. The molecule has 1 aromatic rings. The van der Waals surface area contributed by atoms with E-state index in [4.69, 9.17) is 10.5 Å². The molecule has 0 bridgehead atoms. The Morgan fingerprint density at radius 1 is 1.44 bits per heavy atom. The van der Waals surface area contributed by atoms with E-state index in [9.17, 15) is 4.79 Å². The largest absolute Gasteiger partial charge is 0.494 e. The molecule has 0 aliphatic heterocycles. The first-order valence-corrected chi connectivity index (χ1v) is 5.54. The average Bonchev–Trinajstić information content (AvgIpc) is 2.17. The summed E-state index contributed by atoms with van der Waals surface area (Å²) in [5.74, 6) is 0.766. The molecule has 2 N–H and O–H groups in total. The Morgan fingerprint density at radius 2 is 2.06 bits per heavy atom. The maximum absolute atomic E-state index is 11.2. The first-order chi connectivity index (χ1) is 7.47. The van der Waals surface area contributed by atoms with Crippen molar-refractivity contribution < 1.29 is 9.53 Å². The van der Waals surface area contributed by atoms with Crippen LogP contribution in [-0.2, 0) is 0 Å². The number of carbonyl (C=O) groups excluding carboxylic acids is 1. The maximum atomic E-state index is 11.2. The van der Waals surface area contributed by atoms with Gasteiger partial charge in [-0.3, -0.25) is 4.79 Å². The second-order valence-corrected chi connectivity index (χ2v) is 4.16. The Bertz CT molecular complexity index is 397. The number of carbonyl (C=O) groups is 1. The molecular weight excluding hydrogens is 202 g/mol. The molecular formula is C13H19NO2. The van der Waals surface area contributed by atoms with E-state index in [-0.39, 0.29) is 5.91 Å². The van der Waals surface area contributed by atoms with Crippen LogP contribution in [0.4, 0.5) is 0 Å². The molecule has 16 heavy (non-hydrogen) atoms. The third-order valence-corrected chi connectivity index (χ3v) is 2.54. The molecule has 0 spiro atoms. The van der Waals surface area contributed by atoms with Crippen LogP contribution in [-0.4, -0.2) is 12.5 Å². The Balaban J connectivity index is 3.31. The Labute approximate surface area is 96.6 Å². The van der Waals surface area contributed by atoms with Crippen molar-refractivity contribution in [1.82, 2.24) is 0 Å². The SMILES string of the molecule is CCOc1cc(C)c(C(N)=O)cc1C(C)C. The predicted molar refractivity (Wildman–Crippen MR) is 65.0 cm³/mol. The van der Waals surface area contributed by atoms with Crippen molar-refractivity contribution in [2.45, 2.75) is 33.6 Å². The number of rotatable bonds is 4. The van der Waals surface area contributed by atoms with Gasteiger partial charge < -0.3 is 10.5 Å². The fourth-order valence-corrected chi connectivity index (χ4v) is 1.70. The van der Waals surface area contributed by atoms with Gasteiger partial charge in [-0.15, -0.1) is 0 Å². The summed E-state index contributed by atoms with van der Waals surface area (Å²) in [5.41, 5.74) is 7.79. The number of ether oxygens (including phenoxy) is 1. The van der Waals surface area contributed by atoms with Gasteiger partial charge in [-0.25, -0.2) is 0 Å². The van der Waals surface area contributed by atoms with E-state index in [0.29, 0.717) is 18.1 Å². The molecule has 0 saturated carbocycles. The molecule has 0 heterocycles. The van der Waals surface area contributed by atoms with E-state index in [1.165, 1.54) is 0 Å². The molecule has 0 aliphatic carbocycles. The van der Waals surface area contributed by atoms with Crippen LogP contribution in [0.5, 0.6) is 5.75 Å². The lowest BCUT2D eigenvalue weighted by Crippen LogP contribution is -2.14. The molecule has 0 fully saturated rings. The van der Waals surface area contributed by atoms with E-state index in [1.807, 2.05) is 26.0 Å². The summed E-state index contributed by atoms with van der Waals surface area (Å²) in [6.45, 7) is 8.57. The van der Waals surface area contributed by atoms with Gasteiger partial charge >= 0.3 is 0 Å². The minimum absolute atomic E-state index is 0.306. The first kappa shape index (κ1) is 12.6. The standard InChI is InChI=1S/C13H19NO2/c1-5-16-12-6-9(4)11(13(14)15)7-10(12)8(2)3/h6-8H,5H2,1-4H3,(H2,14,15). The highest BCUT2D eigenvalue weighted by Gasteiger charge is 2.14. The first-order valence-electron chi connectivity index (χ1n) is 5.54. The zero-order chi connectivity index (χ0) is 12.3. The second kappa shape index (κ2) is 5.01. The summed E-state index contributed by atoms with van der Waals surface area (Å²) in [6, 6.07) is 3.73. The van der Waals surface area contributed by atoms with Gasteiger partial charge in [-0.05, 0) is 43.0 Å². The van der Waals surface area contributed by atoms with Crippen LogP contribution < -0.4 is 10.5 Å². The van der Waals surface area contributed by atoms with Crippen molar-refractivity contribution in [3.8, 4) is 5.75 Å². The average molecular weight is 221 g/mol. The molecule has 0 aromatic heterocycles. The Kier molecular flexibility index (Phi) is 3.93. The maximum Gasteiger partial charge on any atom is 0.248 e. The lowest BCUT2D eigenvalue weighted by atomic mass is 9.96. The van der Waals surface area contributed by atoms with Crippen molar-refractivity contribution in [1.29, 1.82) is 0 Å². The molecule has 1 rings (SSSR count). The summed E-state index contributed by atoms with van der Waals surface area (Å²) in [5, 5.41) is 0. The van der Waals surface area contributed by atoms with Gasteiger partial charge in [0.05, 0.1) is 6.61 Å². The summed E-state index contributed by atoms with van der Waals surface area (Å²) in [7, 11) is 0. The van der Waals surface area contributed by atoms with Crippen LogP contribution in [0.15, 0.2) is 12.1 Å². The van der Waals surface area contributed by atoms with Crippen LogP contribution in [0.2, 0.25) is 0 Å². The minimum Gasteiger partial charge on any atom is -0.494 e. The van der Waals surface area contributed by atoms with E-state index in [0.717, 1.165) is 16.9 Å². The predicted octanol–water partition coefficient (Wildman–Crippen LogP) is 2.62. The van der Waals surface area contributed by atoms with Crippen molar-refractivity contribution in [3.63, 3.8) is 0 Å². The van der Waals surface area contributed by atoms with Crippen LogP contribution in [0, 0.1) is 6.92 Å². The Morgan fingerprint density at radius 3 is 2.50 bits per heavy atom. The van der Waals surface area contributed by atoms with Crippen LogP contribution in [0.25, 0.3) is 0 Å². The van der Waals surface area contributed by atoms with Gasteiger partial charge in [0.1, 0.15) is 5.75 Å². The van der Waals surface area contributed by atoms with Gasteiger partial charge in [-0.2, -0.15) is 0 Å². The van der Waals surface area contributed by atoms with Gasteiger partial charge in [0.25, 0.3) is 0 Å². The number of aryl methyl sites for hydroxylation is 1. The molecule has 0 unspecified atom stereocenters. The zero-order valence-electron chi connectivity index (χ0n) is 10.3. The van der Waals surface area contributed by atoms with Crippen molar-refractivity contribution in [2.24, 2.45) is 5.73 Å². The number of amides is 1. The van der Waals surface area contributed by atoms with Crippen molar-refractivity contribution in [2.75, 3.05) is 6.61 Å². The third-order valence-electron chi connectivity index (χ3n) is 2.54. The highest BCUT2D eigenvalue weighted by molar-refractivity contribution is 5.94. The quantitative estimate of drug-likeness (QED) is 0.849. The summed E-state index contributed by atoms with van der Waals surface area (Å²) >= 11 is 0. The number of nitrogens with two attached hydrogens (primary N) is 1. The molecule has 3 heteroatoms. The smallest absolute Gasteiger partial charge is 0.248 e. The molecule has 0 atom stereocenters. The lowest BCUT2D eigenvalue weighted by molar-refractivity contribution is 0.0999. The normalized spacial score (nSPS) is 10.6. The van der Waals surface area contributed by atoms with Gasteiger partial charge in [0, 0.05) is 5.56 Å². The van der Waals surface area contributed by atoms with Crippen LogP contribution in [0.1, 0.15) is 48.2 Å². The van der Waals surface area contributed by atoms with Crippen molar-refractivity contribution >= 4 is 5.91 Å². The topological polar surface area (TPSA) is 52.3 Å². The number of hydrogen-bond donors (Lipinski definition) is 1. The van der Waals surface area contributed by atoms with E-state index in [1.54, 1.807) is 0 Å². The van der Waals surface area contributed by atoms with Crippen LogP contribution >= 0.6 is 0 Å². The number of benzene rings is 1. The van der Waals surface area contributed by atoms with Gasteiger partial charge in [0.15, 0.2) is 0 Å². The van der Waals surface area contributed by atoms with E-state index >= 15 is 0 Å². The molecule has 88 valence electrons. The molecule has 1 aromatic carbocycles. The van der Waals surface area contributed by atoms with Gasteiger partial charge in [0.2, 0.25) is 5.91 Å². The Hall–Kier alpha value is -1.51. The molecule has 1 amide bonds. The molecule has 0 aliphatic rings. The summed E-state index contributed by atoms with van der Waals surface area (Å²) in [6.07, 6.45) is 0.